The van der Waals surface area contributed by atoms with Crippen molar-refractivity contribution in [1.29, 1.82) is 0 Å². The third-order valence-corrected chi connectivity index (χ3v) is 4.49. The molecule has 0 spiro atoms. The van der Waals surface area contributed by atoms with Gasteiger partial charge in [0.05, 0.1) is 23.5 Å². The summed E-state index contributed by atoms with van der Waals surface area (Å²) in [6.07, 6.45) is 5.64. The van der Waals surface area contributed by atoms with E-state index in [0.29, 0.717) is 18.0 Å². The van der Waals surface area contributed by atoms with Gasteiger partial charge in [0.2, 0.25) is 0 Å². The Kier molecular flexibility index (Phi) is 3.83. The number of nitrogens with one attached hydrogen (secondary N) is 1. The highest BCUT2D eigenvalue weighted by atomic mass is 16.1. The molecule has 0 bridgehead atoms. The maximum atomic E-state index is 12.7. The zero-order valence-electron chi connectivity index (χ0n) is 14.3. The smallest absolute Gasteiger partial charge is 0.253 e. The minimum Gasteiger partial charge on any atom is -0.346 e. The van der Waals surface area contributed by atoms with Gasteiger partial charge < -0.3 is 5.32 Å². The lowest BCUT2D eigenvalue weighted by Gasteiger charge is -2.10. The molecule has 4 rings (SSSR count). The minimum atomic E-state index is -0.133. The van der Waals surface area contributed by atoms with Crippen LogP contribution < -0.4 is 5.32 Å². The zero-order valence-corrected chi connectivity index (χ0v) is 14.3. The Morgan fingerprint density at radius 2 is 2.00 bits per heavy atom. The molecule has 2 aromatic heterocycles. The van der Waals surface area contributed by atoms with Gasteiger partial charge in [-0.1, -0.05) is 11.6 Å². The van der Waals surface area contributed by atoms with Crippen LogP contribution in [0.25, 0.3) is 5.69 Å². The lowest BCUT2D eigenvalue weighted by Crippen LogP contribution is -2.24. The number of benzene rings is 1. The molecule has 0 aliphatic heterocycles. The summed E-state index contributed by atoms with van der Waals surface area (Å²) < 4.78 is 3.66. The summed E-state index contributed by atoms with van der Waals surface area (Å²) in [7, 11) is 1.96. The van der Waals surface area contributed by atoms with Crippen molar-refractivity contribution in [2.75, 3.05) is 0 Å². The van der Waals surface area contributed by atoms with E-state index in [2.05, 4.69) is 26.7 Å². The molecule has 1 aliphatic carbocycles. The average molecular weight is 336 g/mol. The summed E-state index contributed by atoms with van der Waals surface area (Å²) in [5.41, 5.74) is 4.52. The lowest BCUT2D eigenvalue weighted by molar-refractivity contribution is 0.0950. The monoisotopic (exact) mass is 336 g/mol. The van der Waals surface area contributed by atoms with Crippen molar-refractivity contribution in [3.05, 3.63) is 59.4 Å². The molecular formula is C18H20N6O. The molecule has 0 saturated heterocycles. The Hall–Kier alpha value is -2.96. The molecule has 1 saturated carbocycles. The van der Waals surface area contributed by atoms with E-state index < -0.39 is 0 Å². The Bertz CT molecular complexity index is 908. The van der Waals surface area contributed by atoms with E-state index in [9.17, 15) is 4.79 Å². The van der Waals surface area contributed by atoms with Crippen molar-refractivity contribution in [2.45, 2.75) is 32.2 Å². The first kappa shape index (κ1) is 15.6. The number of carbonyl (C=O) groups is 1. The second-order valence-electron chi connectivity index (χ2n) is 6.53. The molecule has 7 heteroatoms. The van der Waals surface area contributed by atoms with Crippen molar-refractivity contribution in [2.24, 2.45) is 7.05 Å². The summed E-state index contributed by atoms with van der Waals surface area (Å²) in [5.74, 6) is 0.505. The highest BCUT2D eigenvalue weighted by Crippen LogP contribution is 2.39. The third-order valence-electron chi connectivity index (χ3n) is 4.49. The fraction of sp³-hybridized carbons (Fsp3) is 0.333. The number of nitrogens with zero attached hydrogens (tertiary/aromatic N) is 5. The Balaban J connectivity index is 1.53. The molecule has 0 radical (unpaired) electrons. The fourth-order valence-corrected chi connectivity index (χ4v) is 3.04. The van der Waals surface area contributed by atoms with Gasteiger partial charge >= 0.3 is 0 Å². The van der Waals surface area contributed by atoms with E-state index in [-0.39, 0.29) is 5.91 Å². The van der Waals surface area contributed by atoms with Gasteiger partial charge in [0.15, 0.2) is 0 Å². The lowest BCUT2D eigenvalue weighted by atomic mass is 10.1. The number of amides is 1. The van der Waals surface area contributed by atoms with Crippen LogP contribution in [0.2, 0.25) is 0 Å². The van der Waals surface area contributed by atoms with Crippen LogP contribution in [0.15, 0.2) is 36.9 Å². The van der Waals surface area contributed by atoms with Gasteiger partial charge in [0, 0.05) is 18.7 Å². The number of hydrogen-bond acceptors (Lipinski definition) is 4. The van der Waals surface area contributed by atoms with E-state index in [1.165, 1.54) is 18.5 Å². The molecule has 7 nitrogen and oxygen atoms in total. The van der Waals surface area contributed by atoms with E-state index in [4.69, 9.17) is 0 Å². The molecule has 0 unspecified atom stereocenters. The van der Waals surface area contributed by atoms with E-state index in [0.717, 1.165) is 16.9 Å². The largest absolute Gasteiger partial charge is 0.346 e. The van der Waals surface area contributed by atoms with Crippen LogP contribution in [0, 0.1) is 6.92 Å². The maximum Gasteiger partial charge on any atom is 0.253 e. The van der Waals surface area contributed by atoms with E-state index >= 15 is 0 Å². The molecule has 1 N–H and O–H groups in total. The van der Waals surface area contributed by atoms with Gasteiger partial charge in [-0.15, -0.1) is 10.2 Å². The highest BCUT2D eigenvalue weighted by molar-refractivity contribution is 5.97. The first-order chi connectivity index (χ1) is 12.1. The minimum absolute atomic E-state index is 0.133. The molecular weight excluding hydrogens is 316 g/mol. The first-order valence-corrected chi connectivity index (χ1v) is 8.38. The van der Waals surface area contributed by atoms with Gasteiger partial charge in [-0.05, 0) is 38.0 Å². The van der Waals surface area contributed by atoms with Gasteiger partial charge in [-0.2, -0.15) is 5.10 Å². The Morgan fingerprint density at radius 1 is 1.24 bits per heavy atom. The quantitative estimate of drug-likeness (QED) is 0.774. The van der Waals surface area contributed by atoms with Gasteiger partial charge in [0.1, 0.15) is 12.7 Å². The summed E-state index contributed by atoms with van der Waals surface area (Å²) in [6, 6.07) is 7.83. The molecule has 0 atom stereocenters. The maximum absolute atomic E-state index is 12.7. The molecule has 1 aliphatic rings. The average Bonchev–Trinajstić information content (AvgIpc) is 3.15. The van der Waals surface area contributed by atoms with E-state index in [1.807, 2.05) is 36.9 Å². The number of aromatic nitrogens is 5. The van der Waals surface area contributed by atoms with Crippen LogP contribution in [-0.2, 0) is 13.6 Å². The zero-order chi connectivity index (χ0) is 17.4. The summed E-state index contributed by atoms with van der Waals surface area (Å²) in [6.45, 7) is 2.38. The molecule has 1 fully saturated rings. The van der Waals surface area contributed by atoms with Crippen molar-refractivity contribution in [3.8, 4) is 5.69 Å². The van der Waals surface area contributed by atoms with Crippen LogP contribution in [0.4, 0.5) is 0 Å². The fourth-order valence-electron chi connectivity index (χ4n) is 3.04. The highest BCUT2D eigenvalue weighted by Gasteiger charge is 2.27. The summed E-state index contributed by atoms with van der Waals surface area (Å²) >= 11 is 0. The number of hydrogen-bond donors (Lipinski definition) is 1. The Labute approximate surface area is 145 Å². The van der Waals surface area contributed by atoms with E-state index in [1.54, 1.807) is 17.2 Å². The molecule has 3 aromatic rings. The van der Waals surface area contributed by atoms with Gasteiger partial charge in [-0.3, -0.25) is 14.0 Å². The predicted molar refractivity (Wildman–Crippen MR) is 92.4 cm³/mol. The van der Waals surface area contributed by atoms with Crippen LogP contribution in [-0.4, -0.2) is 30.5 Å². The van der Waals surface area contributed by atoms with Gasteiger partial charge in [-0.25, -0.2) is 0 Å². The second-order valence-corrected chi connectivity index (χ2v) is 6.53. The van der Waals surface area contributed by atoms with Crippen LogP contribution in [0.1, 0.15) is 46.1 Å². The molecule has 25 heavy (non-hydrogen) atoms. The molecule has 128 valence electrons. The summed E-state index contributed by atoms with van der Waals surface area (Å²) in [5, 5.41) is 15.1. The normalized spacial score (nSPS) is 13.8. The second kappa shape index (κ2) is 6.16. The van der Waals surface area contributed by atoms with Crippen LogP contribution >= 0.6 is 0 Å². The molecule has 2 heterocycles. The van der Waals surface area contributed by atoms with Crippen molar-refractivity contribution in [3.63, 3.8) is 0 Å². The van der Waals surface area contributed by atoms with Crippen LogP contribution in [0.5, 0.6) is 0 Å². The Morgan fingerprint density at radius 3 is 2.72 bits per heavy atom. The number of aryl methyl sites for hydroxylation is 2. The van der Waals surface area contributed by atoms with Crippen molar-refractivity contribution >= 4 is 5.91 Å². The topological polar surface area (TPSA) is 77.6 Å². The van der Waals surface area contributed by atoms with Crippen LogP contribution in [0.3, 0.4) is 0 Å². The van der Waals surface area contributed by atoms with Crippen molar-refractivity contribution in [1.82, 2.24) is 29.9 Å². The van der Waals surface area contributed by atoms with Gasteiger partial charge in [0.25, 0.3) is 5.91 Å². The predicted octanol–water partition coefficient (Wildman–Crippen LogP) is 2.12. The molecule has 1 aromatic carbocycles. The van der Waals surface area contributed by atoms with Crippen molar-refractivity contribution < 1.29 is 4.79 Å². The molecule has 1 amide bonds. The standard InChI is InChI=1S/C18H20N6O/c1-12-3-6-16(24-10-20-21-11-24)15(7-12)18(25)19-9-14-8-17(13-4-5-13)23(2)22-14/h3,6-8,10-11,13H,4-5,9H2,1-2H3,(H,19,25). The first-order valence-electron chi connectivity index (χ1n) is 8.38. The number of rotatable bonds is 5. The summed E-state index contributed by atoms with van der Waals surface area (Å²) in [4.78, 5) is 12.7. The number of carbonyl (C=O) groups excluding carboxylic acids is 1. The SMILES string of the molecule is Cc1ccc(-n2cnnc2)c(C(=O)NCc2cc(C3CC3)n(C)n2)c1. The third kappa shape index (κ3) is 3.17.